The van der Waals surface area contributed by atoms with E-state index in [1.54, 1.807) is 6.92 Å². The topological polar surface area (TPSA) is 66.8 Å². The van der Waals surface area contributed by atoms with Gasteiger partial charge in [-0.2, -0.15) is 0 Å². The van der Waals surface area contributed by atoms with Crippen molar-refractivity contribution in [1.29, 1.82) is 0 Å². The van der Waals surface area contributed by atoms with E-state index in [2.05, 4.69) is 12.1 Å². The van der Waals surface area contributed by atoms with Gasteiger partial charge in [-0.1, -0.05) is 36.8 Å². The molecule has 21 heavy (non-hydrogen) atoms. The summed E-state index contributed by atoms with van der Waals surface area (Å²) in [5.74, 6) is -0.436. The largest absolute Gasteiger partial charge is 0.465 e. The smallest absolute Gasteiger partial charge is 0.408 e. The molecule has 0 radical (unpaired) electrons. The first-order chi connectivity index (χ1) is 10.1. The maximum Gasteiger partial charge on any atom is 0.408 e. The monoisotopic (exact) mass is 291 g/mol. The summed E-state index contributed by atoms with van der Waals surface area (Å²) in [6, 6.07) is 9.59. The van der Waals surface area contributed by atoms with Crippen LogP contribution in [0.15, 0.2) is 30.3 Å². The zero-order chi connectivity index (χ0) is 15.2. The van der Waals surface area contributed by atoms with Crippen molar-refractivity contribution in [2.24, 2.45) is 0 Å². The number of carbonyl (C=O) groups is 2. The molecule has 1 amide bonds. The quantitative estimate of drug-likeness (QED) is 0.619. The van der Waals surface area contributed by atoms with Gasteiger partial charge >= 0.3 is 12.1 Å². The van der Waals surface area contributed by atoms with Crippen LogP contribution in [0.4, 0.5) is 4.79 Å². The lowest BCUT2D eigenvalue weighted by Crippen LogP contribution is -2.60. The van der Waals surface area contributed by atoms with Gasteiger partial charge in [0.1, 0.15) is 6.10 Å². The highest BCUT2D eigenvalue weighted by Crippen LogP contribution is 2.21. The van der Waals surface area contributed by atoms with Gasteiger partial charge in [-0.3, -0.25) is 4.90 Å². The van der Waals surface area contributed by atoms with Crippen LogP contribution in [-0.2, 0) is 16.0 Å². The molecule has 1 N–H and O–H groups in total. The summed E-state index contributed by atoms with van der Waals surface area (Å²) in [6.45, 7) is 2.10. The van der Waals surface area contributed by atoms with Crippen LogP contribution in [0.5, 0.6) is 0 Å². The molecule has 2 rings (SSSR count). The minimum Gasteiger partial charge on any atom is -0.465 e. The van der Waals surface area contributed by atoms with Crippen molar-refractivity contribution < 1.29 is 19.4 Å². The van der Waals surface area contributed by atoms with E-state index >= 15 is 0 Å². The van der Waals surface area contributed by atoms with Gasteiger partial charge in [0, 0.05) is 6.54 Å². The Morgan fingerprint density at radius 1 is 1.24 bits per heavy atom. The predicted molar refractivity (Wildman–Crippen MR) is 78.1 cm³/mol. The molecule has 0 aromatic heterocycles. The van der Waals surface area contributed by atoms with Crippen molar-refractivity contribution in [1.82, 2.24) is 4.90 Å². The Labute approximate surface area is 124 Å². The number of cyclic esters (lactones) is 1. The number of amides is 1. The first kappa shape index (κ1) is 15.4. The normalized spacial score (nSPS) is 20.5. The summed E-state index contributed by atoms with van der Waals surface area (Å²) < 4.78 is 4.82. The summed E-state index contributed by atoms with van der Waals surface area (Å²) in [4.78, 5) is 23.8. The molecule has 2 atom stereocenters. The number of ether oxygens (including phenoxy) is 1. The van der Waals surface area contributed by atoms with E-state index in [0.717, 1.165) is 25.7 Å². The lowest BCUT2D eigenvalue weighted by atomic mass is 10.0. The highest BCUT2D eigenvalue weighted by atomic mass is 16.6. The van der Waals surface area contributed by atoms with Gasteiger partial charge in [0.2, 0.25) is 0 Å². The second kappa shape index (κ2) is 7.11. The second-order valence-corrected chi connectivity index (χ2v) is 5.36. The van der Waals surface area contributed by atoms with Crippen LogP contribution in [0.25, 0.3) is 0 Å². The average molecular weight is 291 g/mol. The van der Waals surface area contributed by atoms with Gasteiger partial charge in [-0.05, 0) is 31.7 Å². The van der Waals surface area contributed by atoms with Crippen molar-refractivity contribution in [3.63, 3.8) is 0 Å². The minimum atomic E-state index is -1.05. The Balaban J connectivity index is 1.71. The zero-order valence-corrected chi connectivity index (χ0v) is 12.2. The third kappa shape index (κ3) is 3.97. The van der Waals surface area contributed by atoms with E-state index in [1.807, 2.05) is 18.2 Å². The number of aryl methyl sites for hydroxylation is 1. The SMILES string of the molecule is C[C@H]1OC(=O)[C@H]1N(CCCCCc1ccccc1)C(=O)O. The van der Waals surface area contributed by atoms with E-state index in [9.17, 15) is 14.7 Å². The lowest BCUT2D eigenvalue weighted by Gasteiger charge is -2.39. The van der Waals surface area contributed by atoms with Crippen molar-refractivity contribution in [3.05, 3.63) is 35.9 Å². The van der Waals surface area contributed by atoms with Gasteiger partial charge in [0.15, 0.2) is 6.04 Å². The van der Waals surface area contributed by atoms with Gasteiger partial charge in [-0.15, -0.1) is 0 Å². The summed E-state index contributed by atoms with van der Waals surface area (Å²) in [7, 11) is 0. The van der Waals surface area contributed by atoms with Crippen LogP contribution in [0.2, 0.25) is 0 Å². The number of rotatable bonds is 7. The first-order valence-corrected chi connectivity index (χ1v) is 7.33. The van der Waals surface area contributed by atoms with Crippen LogP contribution >= 0.6 is 0 Å². The van der Waals surface area contributed by atoms with Gasteiger partial charge in [-0.25, -0.2) is 9.59 Å². The fourth-order valence-electron chi connectivity index (χ4n) is 2.60. The van der Waals surface area contributed by atoms with Crippen molar-refractivity contribution in [2.75, 3.05) is 6.54 Å². The molecule has 1 saturated heterocycles. The number of nitrogens with zero attached hydrogens (tertiary/aromatic N) is 1. The maximum atomic E-state index is 11.3. The standard InChI is InChI=1S/C16H21NO4/c1-12-14(15(18)21-12)17(16(19)20)11-7-3-6-10-13-8-4-2-5-9-13/h2,4-5,8-9,12,14H,3,6-7,10-11H2,1H3,(H,19,20)/t12-,14+/m1/s1. The van der Waals surface area contributed by atoms with Gasteiger partial charge in [0.05, 0.1) is 0 Å². The molecule has 1 aromatic carbocycles. The third-order valence-corrected chi connectivity index (χ3v) is 3.78. The van der Waals surface area contributed by atoms with Crippen LogP contribution in [0.3, 0.4) is 0 Å². The predicted octanol–water partition coefficient (Wildman–Crippen LogP) is 2.69. The molecule has 1 fully saturated rings. The Hall–Kier alpha value is -2.04. The number of hydrogen-bond donors (Lipinski definition) is 1. The molecular weight excluding hydrogens is 270 g/mol. The molecule has 1 aliphatic heterocycles. The molecule has 0 spiro atoms. The van der Waals surface area contributed by atoms with E-state index < -0.39 is 18.1 Å². The molecule has 0 bridgehead atoms. The highest BCUT2D eigenvalue weighted by molar-refractivity contribution is 5.85. The lowest BCUT2D eigenvalue weighted by molar-refractivity contribution is -0.183. The fraction of sp³-hybridized carbons (Fsp3) is 0.500. The molecule has 1 aromatic rings. The minimum absolute atomic E-state index is 0.335. The average Bonchev–Trinajstić information content (AvgIpc) is 2.46. The molecule has 1 heterocycles. The molecule has 5 heteroatoms. The third-order valence-electron chi connectivity index (χ3n) is 3.78. The summed E-state index contributed by atoms with van der Waals surface area (Å²) in [5, 5.41) is 9.20. The van der Waals surface area contributed by atoms with Gasteiger partial charge in [0.25, 0.3) is 0 Å². The summed E-state index contributed by atoms with van der Waals surface area (Å²) in [5.41, 5.74) is 1.30. The first-order valence-electron chi connectivity index (χ1n) is 7.33. The number of unbranched alkanes of at least 4 members (excludes halogenated alkanes) is 2. The molecule has 1 aliphatic rings. The van der Waals surface area contributed by atoms with Crippen LogP contribution < -0.4 is 0 Å². The van der Waals surface area contributed by atoms with Crippen LogP contribution in [-0.4, -0.2) is 40.8 Å². The van der Waals surface area contributed by atoms with E-state index in [0.29, 0.717) is 6.54 Å². The Kier molecular flexibility index (Phi) is 5.20. The molecule has 114 valence electrons. The molecular formula is C16H21NO4. The molecule has 5 nitrogen and oxygen atoms in total. The van der Waals surface area contributed by atoms with Crippen molar-refractivity contribution in [2.45, 2.75) is 44.8 Å². The van der Waals surface area contributed by atoms with E-state index in [-0.39, 0.29) is 6.10 Å². The van der Waals surface area contributed by atoms with Crippen molar-refractivity contribution >= 4 is 12.1 Å². The van der Waals surface area contributed by atoms with Gasteiger partial charge < -0.3 is 9.84 Å². The van der Waals surface area contributed by atoms with Crippen molar-refractivity contribution in [3.8, 4) is 0 Å². The summed E-state index contributed by atoms with van der Waals surface area (Å²) >= 11 is 0. The Bertz CT molecular complexity index is 488. The van der Waals surface area contributed by atoms with E-state index in [1.165, 1.54) is 10.5 Å². The summed E-state index contributed by atoms with van der Waals surface area (Å²) in [6.07, 6.45) is 2.33. The van der Waals surface area contributed by atoms with Crippen LogP contribution in [0, 0.1) is 0 Å². The van der Waals surface area contributed by atoms with Crippen LogP contribution in [0.1, 0.15) is 31.7 Å². The molecule has 0 saturated carbocycles. The number of esters is 1. The highest BCUT2D eigenvalue weighted by Gasteiger charge is 2.45. The molecule has 0 aliphatic carbocycles. The molecule has 0 unspecified atom stereocenters. The number of hydrogen-bond acceptors (Lipinski definition) is 3. The zero-order valence-electron chi connectivity index (χ0n) is 12.2. The van der Waals surface area contributed by atoms with E-state index in [4.69, 9.17) is 4.74 Å². The second-order valence-electron chi connectivity index (χ2n) is 5.36. The fourth-order valence-corrected chi connectivity index (χ4v) is 2.60. The number of benzene rings is 1. The Morgan fingerprint density at radius 2 is 1.95 bits per heavy atom. The maximum absolute atomic E-state index is 11.3. The number of carboxylic acid groups (broad SMARTS) is 1. The Morgan fingerprint density at radius 3 is 2.52 bits per heavy atom. The number of carbonyl (C=O) groups excluding carboxylic acids is 1.